The van der Waals surface area contributed by atoms with E-state index in [1.54, 1.807) is 30.3 Å². The number of halogens is 4. The number of benzene rings is 2. The second-order valence-corrected chi connectivity index (χ2v) is 7.15. The summed E-state index contributed by atoms with van der Waals surface area (Å²) in [5.41, 5.74) is 6.16. The van der Waals surface area contributed by atoms with Gasteiger partial charge in [-0.3, -0.25) is 0 Å². The van der Waals surface area contributed by atoms with E-state index in [1.807, 2.05) is 6.92 Å². The third-order valence-electron chi connectivity index (χ3n) is 4.97. The van der Waals surface area contributed by atoms with E-state index in [9.17, 15) is 13.2 Å². The molecule has 1 aliphatic rings. The van der Waals surface area contributed by atoms with E-state index in [-0.39, 0.29) is 12.8 Å². The van der Waals surface area contributed by atoms with Gasteiger partial charge in [0.05, 0.1) is 22.4 Å². The van der Waals surface area contributed by atoms with Crippen molar-refractivity contribution in [3.05, 3.63) is 47.2 Å². The van der Waals surface area contributed by atoms with Gasteiger partial charge in [0, 0.05) is 11.8 Å². The molecule has 0 unspecified atom stereocenters. The normalized spacial score (nSPS) is 15.9. The molecule has 1 fully saturated rings. The van der Waals surface area contributed by atoms with Gasteiger partial charge in [-0.25, -0.2) is 4.98 Å². The number of hydrogen-bond acceptors (Lipinski definition) is 3. The summed E-state index contributed by atoms with van der Waals surface area (Å²) >= 11 is 6.26. The van der Waals surface area contributed by atoms with Gasteiger partial charge < -0.3 is 15.0 Å². The lowest BCUT2D eigenvalue weighted by molar-refractivity contribution is -0.178. The SMILES string of the molecule is CCc1cc(N)cc(Cl)c1Oc1ccc2ncn(C3(C(F)(F)F)CC3)c2c1. The van der Waals surface area contributed by atoms with Crippen LogP contribution in [0.5, 0.6) is 11.5 Å². The van der Waals surface area contributed by atoms with Crippen molar-refractivity contribution in [2.45, 2.75) is 37.9 Å². The van der Waals surface area contributed by atoms with Crippen LogP contribution in [0.1, 0.15) is 25.3 Å². The van der Waals surface area contributed by atoms with Crippen molar-refractivity contribution in [2.24, 2.45) is 0 Å². The van der Waals surface area contributed by atoms with Gasteiger partial charge in [-0.05, 0) is 49.1 Å². The Kier molecular flexibility index (Phi) is 4.03. The fourth-order valence-corrected chi connectivity index (χ4v) is 3.63. The van der Waals surface area contributed by atoms with E-state index < -0.39 is 11.7 Å². The predicted octanol–water partition coefficient (Wildman–Crippen LogP) is 5.68. The first-order valence-electron chi connectivity index (χ1n) is 8.55. The van der Waals surface area contributed by atoms with Crippen LogP contribution in [-0.4, -0.2) is 15.7 Å². The summed E-state index contributed by atoms with van der Waals surface area (Å²) < 4.78 is 47.7. The summed E-state index contributed by atoms with van der Waals surface area (Å²) in [5, 5.41) is 0.356. The van der Waals surface area contributed by atoms with Gasteiger partial charge in [-0.15, -0.1) is 0 Å². The third-order valence-corrected chi connectivity index (χ3v) is 5.26. The molecule has 3 aromatic rings. The van der Waals surface area contributed by atoms with Gasteiger partial charge in [-0.1, -0.05) is 18.5 Å². The van der Waals surface area contributed by atoms with Crippen molar-refractivity contribution in [2.75, 3.05) is 5.73 Å². The molecule has 0 amide bonds. The molecule has 1 aromatic heterocycles. The Morgan fingerprint density at radius 2 is 2.00 bits per heavy atom. The Hall–Kier alpha value is -2.41. The maximum Gasteiger partial charge on any atom is 0.411 e. The summed E-state index contributed by atoms with van der Waals surface area (Å²) in [6.45, 7) is 1.94. The number of anilines is 1. The minimum atomic E-state index is -4.33. The van der Waals surface area contributed by atoms with Crippen LogP contribution in [0.2, 0.25) is 5.02 Å². The minimum Gasteiger partial charge on any atom is -0.455 e. The molecule has 4 nitrogen and oxygen atoms in total. The van der Waals surface area contributed by atoms with Gasteiger partial charge in [0.15, 0.2) is 0 Å². The number of rotatable bonds is 4. The number of nitrogens with two attached hydrogens (primary N) is 1. The number of aryl methyl sites for hydroxylation is 1. The van der Waals surface area contributed by atoms with E-state index in [0.29, 0.717) is 39.7 Å². The molecule has 0 saturated heterocycles. The second kappa shape index (κ2) is 6.05. The van der Waals surface area contributed by atoms with Crippen LogP contribution in [0.3, 0.4) is 0 Å². The average Bonchev–Trinajstić information content (AvgIpc) is 3.31. The lowest BCUT2D eigenvalue weighted by Gasteiger charge is -2.21. The van der Waals surface area contributed by atoms with Crippen LogP contribution in [0.15, 0.2) is 36.7 Å². The number of nitrogens with zero attached hydrogens (tertiary/aromatic N) is 2. The first-order valence-corrected chi connectivity index (χ1v) is 8.93. The quantitative estimate of drug-likeness (QED) is 0.578. The monoisotopic (exact) mass is 395 g/mol. The van der Waals surface area contributed by atoms with Crippen LogP contribution in [0.25, 0.3) is 11.0 Å². The zero-order valence-corrected chi connectivity index (χ0v) is 15.2. The molecule has 2 aromatic carbocycles. The predicted molar refractivity (Wildman–Crippen MR) is 98.3 cm³/mol. The molecule has 1 aliphatic carbocycles. The summed E-state index contributed by atoms with van der Waals surface area (Å²) in [6, 6.07) is 8.23. The molecule has 0 radical (unpaired) electrons. The van der Waals surface area contributed by atoms with E-state index in [0.717, 1.165) is 5.56 Å². The van der Waals surface area contributed by atoms with Gasteiger partial charge >= 0.3 is 6.18 Å². The van der Waals surface area contributed by atoms with Gasteiger partial charge in [0.2, 0.25) is 0 Å². The van der Waals surface area contributed by atoms with Gasteiger partial charge in [0.1, 0.15) is 17.0 Å². The number of aromatic nitrogens is 2. The molecule has 8 heteroatoms. The largest absolute Gasteiger partial charge is 0.455 e. The van der Waals surface area contributed by atoms with Crippen molar-refractivity contribution in [3.63, 3.8) is 0 Å². The van der Waals surface area contributed by atoms with Crippen LogP contribution >= 0.6 is 11.6 Å². The molecule has 0 bridgehead atoms. The van der Waals surface area contributed by atoms with Gasteiger partial charge in [0.25, 0.3) is 0 Å². The maximum atomic E-state index is 13.5. The fourth-order valence-electron chi connectivity index (χ4n) is 3.34. The standard InChI is InChI=1S/C19H17ClF3N3O/c1-2-11-7-12(24)8-14(20)17(11)27-13-3-4-15-16(9-13)26(10-25-15)18(5-6-18)19(21,22)23/h3-4,7-10H,2,5-6,24H2,1H3. The first-order chi connectivity index (χ1) is 12.7. The van der Waals surface area contributed by atoms with Crippen molar-refractivity contribution in [3.8, 4) is 11.5 Å². The Labute approximate surface area is 158 Å². The Balaban J connectivity index is 1.77. The molecule has 2 N–H and O–H groups in total. The molecule has 1 saturated carbocycles. The highest BCUT2D eigenvalue weighted by Crippen LogP contribution is 2.56. The zero-order chi connectivity index (χ0) is 19.4. The van der Waals surface area contributed by atoms with Crippen LogP contribution in [0, 0.1) is 0 Å². The molecule has 4 rings (SSSR count). The molecule has 142 valence electrons. The third kappa shape index (κ3) is 2.90. The molecule has 0 aliphatic heterocycles. The molecule has 0 atom stereocenters. The van der Waals surface area contributed by atoms with Crippen LogP contribution < -0.4 is 10.5 Å². The molecule has 0 spiro atoms. The van der Waals surface area contributed by atoms with E-state index in [1.165, 1.54) is 10.9 Å². The highest BCUT2D eigenvalue weighted by Gasteiger charge is 2.65. The highest BCUT2D eigenvalue weighted by atomic mass is 35.5. The van der Waals surface area contributed by atoms with Crippen molar-refractivity contribution in [1.82, 2.24) is 9.55 Å². The minimum absolute atomic E-state index is 0.0524. The highest BCUT2D eigenvalue weighted by molar-refractivity contribution is 6.32. The number of imidazole rings is 1. The average molecular weight is 396 g/mol. The Bertz CT molecular complexity index is 1020. The second-order valence-electron chi connectivity index (χ2n) is 6.74. The number of hydrogen-bond donors (Lipinski definition) is 1. The van der Waals surface area contributed by atoms with Crippen molar-refractivity contribution in [1.29, 1.82) is 0 Å². The van der Waals surface area contributed by atoms with E-state index in [4.69, 9.17) is 22.1 Å². The maximum absolute atomic E-state index is 13.5. The Morgan fingerprint density at radius 3 is 2.63 bits per heavy atom. The number of nitrogen functional groups attached to an aromatic ring is 1. The van der Waals surface area contributed by atoms with Crippen molar-refractivity contribution >= 4 is 28.3 Å². The summed E-state index contributed by atoms with van der Waals surface area (Å²) in [5.74, 6) is 0.847. The number of alkyl halides is 3. The smallest absolute Gasteiger partial charge is 0.411 e. The fraction of sp³-hybridized carbons (Fsp3) is 0.316. The molecule has 27 heavy (non-hydrogen) atoms. The summed E-state index contributed by atoms with van der Waals surface area (Å²) in [7, 11) is 0. The molecular formula is C19H17ClF3N3O. The Morgan fingerprint density at radius 1 is 1.26 bits per heavy atom. The van der Waals surface area contributed by atoms with E-state index in [2.05, 4.69) is 4.98 Å². The van der Waals surface area contributed by atoms with Crippen LogP contribution in [-0.2, 0) is 12.0 Å². The number of fused-ring (bicyclic) bond motifs is 1. The number of ether oxygens (including phenoxy) is 1. The summed E-state index contributed by atoms with van der Waals surface area (Å²) in [4.78, 5) is 4.11. The molecular weight excluding hydrogens is 379 g/mol. The topological polar surface area (TPSA) is 53.1 Å². The van der Waals surface area contributed by atoms with Gasteiger partial charge in [-0.2, -0.15) is 13.2 Å². The van der Waals surface area contributed by atoms with Crippen molar-refractivity contribution < 1.29 is 17.9 Å². The van der Waals surface area contributed by atoms with Crippen LogP contribution in [0.4, 0.5) is 18.9 Å². The molecule has 1 heterocycles. The summed E-state index contributed by atoms with van der Waals surface area (Å²) in [6.07, 6.45) is -2.32. The lowest BCUT2D eigenvalue weighted by Crippen LogP contribution is -2.34. The lowest BCUT2D eigenvalue weighted by atomic mass is 10.1. The first kappa shape index (κ1) is 18.0. The van der Waals surface area contributed by atoms with E-state index >= 15 is 0 Å². The zero-order valence-electron chi connectivity index (χ0n) is 14.5.